The molecule has 1 N–H and O–H groups in total. The summed E-state index contributed by atoms with van der Waals surface area (Å²) in [5.41, 5.74) is 2.80. The number of fused-ring (bicyclic) bond motifs is 1. The van der Waals surface area contributed by atoms with Crippen LogP contribution in [0.1, 0.15) is 0 Å². The molecule has 6 heteroatoms. The molecule has 0 aliphatic heterocycles. The van der Waals surface area contributed by atoms with Crippen LogP contribution in [0.5, 0.6) is 0 Å². The van der Waals surface area contributed by atoms with Crippen LogP contribution < -0.4 is 5.56 Å². The lowest BCUT2D eigenvalue weighted by molar-refractivity contribution is 0.868. The van der Waals surface area contributed by atoms with Crippen molar-refractivity contribution in [2.24, 2.45) is 0 Å². The molecule has 0 aliphatic rings. The molecule has 0 spiro atoms. The molecule has 0 radical (unpaired) electrons. The summed E-state index contributed by atoms with van der Waals surface area (Å²) < 4.78 is 3.09. The molecule has 1 aromatic carbocycles. The van der Waals surface area contributed by atoms with E-state index in [2.05, 4.69) is 15.1 Å². The molecule has 0 aliphatic carbocycles. The van der Waals surface area contributed by atoms with E-state index in [0.717, 1.165) is 11.1 Å². The third-order valence-electron chi connectivity index (χ3n) is 3.39. The molecule has 4 rings (SSSR count). The van der Waals surface area contributed by atoms with Crippen LogP contribution in [0.4, 0.5) is 0 Å². The zero-order valence-electron chi connectivity index (χ0n) is 11.0. The van der Waals surface area contributed by atoms with Crippen molar-refractivity contribution < 1.29 is 0 Å². The normalized spacial score (nSPS) is 11.0. The van der Waals surface area contributed by atoms with Crippen LogP contribution >= 0.6 is 0 Å². The number of aromatic nitrogens is 5. The van der Waals surface area contributed by atoms with E-state index in [-0.39, 0.29) is 5.56 Å². The van der Waals surface area contributed by atoms with E-state index in [9.17, 15) is 4.79 Å². The summed E-state index contributed by atoms with van der Waals surface area (Å²) in [6.07, 6.45) is 8.27. The second kappa shape index (κ2) is 4.45. The molecule has 21 heavy (non-hydrogen) atoms. The number of hydrogen-bond acceptors (Lipinski definition) is 3. The summed E-state index contributed by atoms with van der Waals surface area (Å²) in [4.78, 5) is 20.9. The van der Waals surface area contributed by atoms with E-state index in [1.807, 2.05) is 30.3 Å². The van der Waals surface area contributed by atoms with Gasteiger partial charge in [0.25, 0.3) is 5.56 Å². The lowest BCUT2D eigenvalue weighted by Gasteiger charge is -2.02. The van der Waals surface area contributed by atoms with Gasteiger partial charge in [-0.25, -0.2) is 9.97 Å². The summed E-state index contributed by atoms with van der Waals surface area (Å²) in [5, 5.41) is 2.97. The van der Waals surface area contributed by atoms with Crippen LogP contribution in [0.25, 0.3) is 22.5 Å². The van der Waals surface area contributed by atoms with Crippen LogP contribution in [0.3, 0.4) is 0 Å². The Morgan fingerprint density at radius 3 is 2.76 bits per heavy atom. The summed E-state index contributed by atoms with van der Waals surface area (Å²) in [7, 11) is 0. The largest absolute Gasteiger partial charge is 0.300 e. The molecule has 0 fully saturated rings. The number of H-pyrrole nitrogens is 1. The number of imidazole rings is 1. The second-order valence-electron chi connectivity index (χ2n) is 4.63. The van der Waals surface area contributed by atoms with E-state index in [1.165, 1.54) is 4.52 Å². The monoisotopic (exact) mass is 277 g/mol. The Bertz CT molecular complexity index is 951. The Kier molecular flexibility index (Phi) is 2.47. The first kappa shape index (κ1) is 11.7. The molecule has 3 heterocycles. The van der Waals surface area contributed by atoms with Gasteiger partial charge in [-0.15, -0.1) is 0 Å². The van der Waals surface area contributed by atoms with Gasteiger partial charge in [0.1, 0.15) is 5.69 Å². The van der Waals surface area contributed by atoms with E-state index < -0.39 is 0 Å². The van der Waals surface area contributed by atoms with Gasteiger partial charge in [0.2, 0.25) is 0 Å². The van der Waals surface area contributed by atoms with Crippen molar-refractivity contribution >= 4 is 5.65 Å². The highest BCUT2D eigenvalue weighted by atomic mass is 16.1. The Morgan fingerprint density at radius 1 is 1.14 bits per heavy atom. The van der Waals surface area contributed by atoms with Gasteiger partial charge in [-0.2, -0.15) is 4.52 Å². The van der Waals surface area contributed by atoms with Crippen molar-refractivity contribution in [3.63, 3.8) is 0 Å². The minimum absolute atomic E-state index is 0.166. The molecule has 4 aromatic rings. The summed E-state index contributed by atoms with van der Waals surface area (Å²) in [6.45, 7) is 0. The van der Waals surface area contributed by atoms with Crippen LogP contribution in [-0.2, 0) is 0 Å². The highest BCUT2D eigenvalue weighted by Gasteiger charge is 2.12. The number of nitrogens with one attached hydrogen (secondary N) is 1. The van der Waals surface area contributed by atoms with E-state index >= 15 is 0 Å². The maximum Gasteiger partial charge on any atom is 0.296 e. The standard InChI is InChI=1S/C15H11N5O/c21-15-13(19-7-6-16-10-19)9-17-14-12(8-18-20(14)15)11-4-2-1-3-5-11/h1-10,18H. The highest BCUT2D eigenvalue weighted by Crippen LogP contribution is 2.21. The minimum Gasteiger partial charge on any atom is -0.300 e. The van der Waals surface area contributed by atoms with Gasteiger partial charge in [0, 0.05) is 24.2 Å². The summed E-state index contributed by atoms with van der Waals surface area (Å²) in [6, 6.07) is 9.83. The molecule has 3 aromatic heterocycles. The van der Waals surface area contributed by atoms with Crippen molar-refractivity contribution in [2.45, 2.75) is 0 Å². The van der Waals surface area contributed by atoms with E-state index in [0.29, 0.717) is 11.3 Å². The fourth-order valence-corrected chi connectivity index (χ4v) is 2.36. The fourth-order valence-electron chi connectivity index (χ4n) is 2.36. The first-order valence-corrected chi connectivity index (χ1v) is 6.47. The molecule has 0 bridgehead atoms. The number of benzene rings is 1. The van der Waals surface area contributed by atoms with Gasteiger partial charge in [-0.05, 0) is 5.56 Å². The average Bonchev–Trinajstić information content (AvgIpc) is 3.18. The van der Waals surface area contributed by atoms with Crippen molar-refractivity contribution in [3.05, 3.63) is 71.8 Å². The third kappa shape index (κ3) is 1.77. The molecule has 6 nitrogen and oxygen atoms in total. The molecular formula is C15H11N5O. The second-order valence-corrected chi connectivity index (χ2v) is 4.63. The van der Waals surface area contributed by atoms with Crippen LogP contribution in [0.15, 0.2) is 66.2 Å². The zero-order chi connectivity index (χ0) is 14.2. The zero-order valence-corrected chi connectivity index (χ0v) is 11.0. The summed E-state index contributed by atoms with van der Waals surface area (Å²) in [5.74, 6) is 0. The van der Waals surface area contributed by atoms with Crippen LogP contribution in [0, 0.1) is 0 Å². The van der Waals surface area contributed by atoms with Gasteiger partial charge in [0.05, 0.1) is 12.5 Å². The maximum absolute atomic E-state index is 12.5. The van der Waals surface area contributed by atoms with Crippen LogP contribution in [0.2, 0.25) is 0 Å². The number of nitrogens with zero attached hydrogens (tertiary/aromatic N) is 4. The SMILES string of the molecule is O=c1c(-n2ccnc2)cnc2c(-c3ccccc3)c[nH]n12. The van der Waals surface area contributed by atoms with E-state index in [1.54, 1.807) is 35.7 Å². The number of hydrogen-bond donors (Lipinski definition) is 1. The predicted molar refractivity (Wildman–Crippen MR) is 78.4 cm³/mol. The van der Waals surface area contributed by atoms with Gasteiger partial charge < -0.3 is 0 Å². The van der Waals surface area contributed by atoms with Crippen molar-refractivity contribution in [1.29, 1.82) is 0 Å². The Morgan fingerprint density at radius 2 is 2.00 bits per heavy atom. The lowest BCUT2D eigenvalue weighted by Crippen LogP contribution is -2.20. The maximum atomic E-state index is 12.5. The molecule has 102 valence electrons. The van der Waals surface area contributed by atoms with Gasteiger partial charge in [0.15, 0.2) is 5.65 Å². The van der Waals surface area contributed by atoms with Gasteiger partial charge in [-0.3, -0.25) is 14.5 Å². The highest BCUT2D eigenvalue weighted by molar-refractivity contribution is 5.76. The summed E-state index contributed by atoms with van der Waals surface area (Å²) >= 11 is 0. The Balaban J connectivity index is 1.96. The Labute approximate surface area is 119 Å². The smallest absolute Gasteiger partial charge is 0.296 e. The minimum atomic E-state index is -0.166. The molecule has 0 saturated heterocycles. The lowest BCUT2D eigenvalue weighted by atomic mass is 10.1. The van der Waals surface area contributed by atoms with Crippen molar-refractivity contribution in [1.82, 2.24) is 24.1 Å². The average molecular weight is 277 g/mol. The fraction of sp³-hybridized carbons (Fsp3) is 0. The molecule has 0 amide bonds. The molecule has 0 saturated carbocycles. The molecular weight excluding hydrogens is 266 g/mol. The van der Waals surface area contributed by atoms with E-state index in [4.69, 9.17) is 0 Å². The van der Waals surface area contributed by atoms with Gasteiger partial charge in [-0.1, -0.05) is 30.3 Å². The number of rotatable bonds is 2. The third-order valence-corrected chi connectivity index (χ3v) is 3.39. The Hall–Kier alpha value is -3.15. The topological polar surface area (TPSA) is 68.0 Å². The van der Waals surface area contributed by atoms with Gasteiger partial charge >= 0.3 is 0 Å². The first-order chi connectivity index (χ1) is 10.3. The molecule has 0 atom stereocenters. The molecule has 0 unspecified atom stereocenters. The predicted octanol–water partition coefficient (Wildman–Crippen LogP) is 1.88. The van der Waals surface area contributed by atoms with Crippen molar-refractivity contribution in [3.8, 4) is 16.8 Å². The quantitative estimate of drug-likeness (QED) is 0.608. The first-order valence-electron chi connectivity index (χ1n) is 6.47. The van der Waals surface area contributed by atoms with Crippen molar-refractivity contribution in [2.75, 3.05) is 0 Å². The van der Waals surface area contributed by atoms with Crippen LogP contribution in [-0.4, -0.2) is 24.1 Å². The number of aromatic amines is 1.